The predicted octanol–water partition coefficient (Wildman–Crippen LogP) is 2.09. The van der Waals surface area contributed by atoms with Gasteiger partial charge in [-0.25, -0.2) is 0 Å². The van der Waals surface area contributed by atoms with Crippen LogP contribution in [0.3, 0.4) is 0 Å². The molecule has 0 aromatic heterocycles. The first-order valence-electron chi connectivity index (χ1n) is 7.67. The quantitative estimate of drug-likeness (QED) is 0.742. The molecule has 110 valence electrons. The standard InChI is InChI=1S/C15H28N2O2/c1-11(2)17(3)10-8-12-5-4-9-15(12,14(18)19)16-13-6-7-13/h11-13,16H,4-10H2,1-3H3,(H,18,19). The van der Waals surface area contributed by atoms with Crippen LogP contribution < -0.4 is 5.32 Å². The van der Waals surface area contributed by atoms with E-state index < -0.39 is 11.5 Å². The molecule has 2 aliphatic carbocycles. The van der Waals surface area contributed by atoms with Gasteiger partial charge in [-0.15, -0.1) is 0 Å². The van der Waals surface area contributed by atoms with E-state index >= 15 is 0 Å². The lowest BCUT2D eigenvalue weighted by atomic mass is 9.84. The first-order valence-corrected chi connectivity index (χ1v) is 7.67. The molecule has 0 saturated heterocycles. The average Bonchev–Trinajstić information content (AvgIpc) is 3.05. The monoisotopic (exact) mass is 268 g/mol. The van der Waals surface area contributed by atoms with Gasteiger partial charge in [0.2, 0.25) is 0 Å². The van der Waals surface area contributed by atoms with Crippen LogP contribution in [0.5, 0.6) is 0 Å². The largest absolute Gasteiger partial charge is 0.480 e. The number of nitrogens with one attached hydrogen (secondary N) is 1. The van der Waals surface area contributed by atoms with Crippen molar-refractivity contribution < 1.29 is 9.90 Å². The molecule has 2 unspecified atom stereocenters. The van der Waals surface area contributed by atoms with Crippen molar-refractivity contribution in [1.29, 1.82) is 0 Å². The van der Waals surface area contributed by atoms with Gasteiger partial charge in [-0.05, 0) is 65.5 Å². The van der Waals surface area contributed by atoms with Gasteiger partial charge in [0.1, 0.15) is 5.54 Å². The highest BCUT2D eigenvalue weighted by Gasteiger charge is 2.51. The van der Waals surface area contributed by atoms with Crippen molar-refractivity contribution in [3.63, 3.8) is 0 Å². The number of nitrogens with zero attached hydrogens (tertiary/aromatic N) is 1. The summed E-state index contributed by atoms with van der Waals surface area (Å²) in [4.78, 5) is 14.1. The summed E-state index contributed by atoms with van der Waals surface area (Å²) >= 11 is 0. The summed E-state index contributed by atoms with van der Waals surface area (Å²) in [6, 6.07) is 0.983. The first kappa shape index (κ1) is 14.8. The van der Waals surface area contributed by atoms with Crippen molar-refractivity contribution in [3.05, 3.63) is 0 Å². The number of hydrogen-bond donors (Lipinski definition) is 2. The molecule has 2 N–H and O–H groups in total. The summed E-state index contributed by atoms with van der Waals surface area (Å²) in [5.74, 6) is -0.346. The lowest BCUT2D eigenvalue weighted by Crippen LogP contribution is -2.56. The van der Waals surface area contributed by atoms with Crippen molar-refractivity contribution in [2.45, 2.75) is 70.0 Å². The third kappa shape index (κ3) is 3.29. The van der Waals surface area contributed by atoms with Crippen LogP contribution in [0.25, 0.3) is 0 Å². The Morgan fingerprint density at radius 3 is 2.63 bits per heavy atom. The van der Waals surface area contributed by atoms with Gasteiger partial charge in [-0.2, -0.15) is 0 Å². The van der Waals surface area contributed by atoms with E-state index in [0.717, 1.165) is 45.1 Å². The Hall–Kier alpha value is -0.610. The molecule has 4 nitrogen and oxygen atoms in total. The molecule has 0 bridgehead atoms. The second-order valence-corrected chi connectivity index (χ2v) is 6.65. The predicted molar refractivity (Wildman–Crippen MR) is 76.2 cm³/mol. The van der Waals surface area contributed by atoms with Crippen molar-refractivity contribution in [2.24, 2.45) is 5.92 Å². The SMILES string of the molecule is CC(C)N(C)CCC1CCCC1(NC1CC1)C(=O)O. The second kappa shape index (κ2) is 5.80. The summed E-state index contributed by atoms with van der Waals surface area (Å²) < 4.78 is 0. The molecule has 2 rings (SSSR count). The van der Waals surface area contributed by atoms with E-state index in [2.05, 4.69) is 31.1 Å². The van der Waals surface area contributed by atoms with Gasteiger partial charge in [0.05, 0.1) is 0 Å². The Labute approximate surface area is 116 Å². The second-order valence-electron chi connectivity index (χ2n) is 6.65. The number of carboxylic acid groups (broad SMARTS) is 1. The van der Waals surface area contributed by atoms with Crippen LogP contribution in [0, 0.1) is 5.92 Å². The van der Waals surface area contributed by atoms with Crippen LogP contribution in [-0.2, 0) is 4.79 Å². The summed E-state index contributed by atoms with van der Waals surface area (Å²) in [5, 5.41) is 13.2. The number of rotatable bonds is 7. The molecule has 2 aliphatic rings. The van der Waals surface area contributed by atoms with E-state index in [0.29, 0.717) is 12.1 Å². The Kier molecular flexibility index (Phi) is 4.51. The Bertz CT molecular complexity index is 328. The maximum absolute atomic E-state index is 11.8. The van der Waals surface area contributed by atoms with Gasteiger partial charge in [0.15, 0.2) is 0 Å². The molecule has 2 atom stereocenters. The normalized spacial score (nSPS) is 31.3. The molecule has 0 aromatic rings. The number of carbonyl (C=O) groups is 1. The topological polar surface area (TPSA) is 52.6 Å². The molecule has 0 radical (unpaired) electrons. The first-order chi connectivity index (χ1) is 8.95. The van der Waals surface area contributed by atoms with Crippen LogP contribution in [0.15, 0.2) is 0 Å². The minimum absolute atomic E-state index is 0.284. The zero-order chi connectivity index (χ0) is 14.0. The third-order valence-electron chi connectivity index (χ3n) is 4.95. The van der Waals surface area contributed by atoms with E-state index in [1.165, 1.54) is 0 Å². The summed E-state index contributed by atoms with van der Waals surface area (Å²) in [5.41, 5.74) is -0.640. The zero-order valence-electron chi connectivity index (χ0n) is 12.5. The highest BCUT2D eigenvalue weighted by Crippen LogP contribution is 2.40. The Morgan fingerprint density at radius 2 is 2.11 bits per heavy atom. The Morgan fingerprint density at radius 1 is 1.42 bits per heavy atom. The molecule has 0 spiro atoms. The lowest BCUT2D eigenvalue weighted by molar-refractivity contribution is -0.147. The summed E-state index contributed by atoms with van der Waals surface area (Å²) in [7, 11) is 2.12. The molecular formula is C15H28N2O2. The van der Waals surface area contributed by atoms with Crippen molar-refractivity contribution in [3.8, 4) is 0 Å². The molecule has 2 fully saturated rings. The van der Waals surface area contributed by atoms with Gasteiger partial charge in [0, 0.05) is 12.1 Å². The molecule has 0 aliphatic heterocycles. The van der Waals surface area contributed by atoms with Crippen molar-refractivity contribution in [2.75, 3.05) is 13.6 Å². The maximum Gasteiger partial charge on any atom is 0.324 e. The van der Waals surface area contributed by atoms with Crippen molar-refractivity contribution in [1.82, 2.24) is 10.2 Å². The van der Waals surface area contributed by atoms with Crippen LogP contribution in [0.4, 0.5) is 0 Å². The number of aliphatic carboxylic acids is 1. The smallest absolute Gasteiger partial charge is 0.324 e. The van der Waals surface area contributed by atoms with Crippen LogP contribution in [0.2, 0.25) is 0 Å². The van der Waals surface area contributed by atoms with E-state index in [1.807, 2.05) is 0 Å². The van der Waals surface area contributed by atoms with Gasteiger partial charge in [-0.1, -0.05) is 6.42 Å². The van der Waals surface area contributed by atoms with Gasteiger partial charge >= 0.3 is 5.97 Å². The molecular weight excluding hydrogens is 240 g/mol. The van der Waals surface area contributed by atoms with Gasteiger partial charge < -0.3 is 10.0 Å². The fraction of sp³-hybridized carbons (Fsp3) is 0.933. The Balaban J connectivity index is 1.98. The van der Waals surface area contributed by atoms with Crippen molar-refractivity contribution >= 4 is 5.97 Å². The number of carboxylic acids is 1. The lowest BCUT2D eigenvalue weighted by Gasteiger charge is -2.34. The highest BCUT2D eigenvalue weighted by molar-refractivity contribution is 5.80. The zero-order valence-corrected chi connectivity index (χ0v) is 12.5. The third-order valence-corrected chi connectivity index (χ3v) is 4.95. The van der Waals surface area contributed by atoms with E-state index in [1.54, 1.807) is 0 Å². The molecule has 0 heterocycles. The average molecular weight is 268 g/mol. The minimum atomic E-state index is -0.640. The van der Waals surface area contributed by atoms with E-state index in [9.17, 15) is 9.90 Å². The molecule has 19 heavy (non-hydrogen) atoms. The van der Waals surface area contributed by atoms with E-state index in [-0.39, 0.29) is 5.92 Å². The molecule has 2 saturated carbocycles. The van der Waals surface area contributed by atoms with Gasteiger partial charge in [0.25, 0.3) is 0 Å². The molecule has 0 amide bonds. The molecule has 4 heteroatoms. The number of hydrogen-bond acceptors (Lipinski definition) is 3. The van der Waals surface area contributed by atoms with E-state index in [4.69, 9.17) is 0 Å². The fourth-order valence-electron chi connectivity index (χ4n) is 3.21. The maximum atomic E-state index is 11.8. The van der Waals surface area contributed by atoms with Crippen LogP contribution >= 0.6 is 0 Å². The van der Waals surface area contributed by atoms with Crippen LogP contribution in [0.1, 0.15) is 52.4 Å². The highest BCUT2D eigenvalue weighted by atomic mass is 16.4. The summed E-state index contributed by atoms with van der Waals surface area (Å²) in [6.07, 6.45) is 6.18. The van der Waals surface area contributed by atoms with Crippen LogP contribution in [-0.4, -0.2) is 47.2 Å². The summed E-state index contributed by atoms with van der Waals surface area (Å²) in [6.45, 7) is 5.35. The van der Waals surface area contributed by atoms with Gasteiger partial charge in [-0.3, -0.25) is 10.1 Å². The molecule has 0 aromatic carbocycles. The fourth-order valence-corrected chi connectivity index (χ4v) is 3.21. The minimum Gasteiger partial charge on any atom is -0.480 e.